The Balaban J connectivity index is 1.92. The van der Waals surface area contributed by atoms with Crippen molar-refractivity contribution >= 4 is 5.91 Å². The van der Waals surface area contributed by atoms with Crippen LogP contribution in [-0.4, -0.2) is 25.5 Å². The minimum atomic E-state index is -0.0468. The fourth-order valence-electron chi connectivity index (χ4n) is 1.94. The molecule has 0 aliphatic rings. The zero-order chi connectivity index (χ0) is 14.0. The molecule has 1 N–H and O–H groups in total. The van der Waals surface area contributed by atoms with Gasteiger partial charge in [-0.25, -0.2) is 0 Å². The molecule has 0 saturated heterocycles. The maximum Gasteiger partial charge on any atom is 0.242 e. The first kappa shape index (κ1) is 13.3. The van der Waals surface area contributed by atoms with Gasteiger partial charge in [-0.2, -0.15) is 10.2 Å². The normalized spacial score (nSPS) is 10.7. The van der Waals surface area contributed by atoms with Gasteiger partial charge in [0, 0.05) is 30.5 Å². The van der Waals surface area contributed by atoms with Crippen LogP contribution in [-0.2, 0) is 24.9 Å². The number of rotatable bonds is 4. The van der Waals surface area contributed by atoms with E-state index in [2.05, 4.69) is 15.5 Å². The molecular formula is C13H19N5O. The first-order valence-corrected chi connectivity index (χ1v) is 6.22. The molecule has 1 amide bonds. The van der Waals surface area contributed by atoms with Gasteiger partial charge < -0.3 is 5.32 Å². The Morgan fingerprint density at radius 2 is 2.11 bits per heavy atom. The predicted molar refractivity (Wildman–Crippen MR) is 71.5 cm³/mol. The van der Waals surface area contributed by atoms with Crippen molar-refractivity contribution < 1.29 is 4.79 Å². The zero-order valence-electron chi connectivity index (χ0n) is 11.8. The van der Waals surface area contributed by atoms with Crippen molar-refractivity contribution in [2.45, 2.75) is 33.9 Å². The van der Waals surface area contributed by atoms with E-state index in [9.17, 15) is 4.79 Å². The van der Waals surface area contributed by atoms with Crippen LogP contribution in [0.5, 0.6) is 0 Å². The van der Waals surface area contributed by atoms with Crippen molar-refractivity contribution in [2.75, 3.05) is 0 Å². The topological polar surface area (TPSA) is 64.7 Å². The third kappa shape index (κ3) is 3.01. The van der Waals surface area contributed by atoms with E-state index >= 15 is 0 Å². The highest BCUT2D eigenvalue weighted by Gasteiger charge is 2.09. The van der Waals surface area contributed by atoms with E-state index in [-0.39, 0.29) is 12.5 Å². The van der Waals surface area contributed by atoms with Gasteiger partial charge in [-0.05, 0) is 26.8 Å². The average molecular weight is 261 g/mol. The van der Waals surface area contributed by atoms with E-state index in [1.54, 1.807) is 15.6 Å². The summed E-state index contributed by atoms with van der Waals surface area (Å²) in [5.74, 6) is -0.0468. The Morgan fingerprint density at radius 1 is 1.37 bits per heavy atom. The average Bonchev–Trinajstić information content (AvgIpc) is 2.82. The highest BCUT2D eigenvalue weighted by Crippen LogP contribution is 2.05. The first-order valence-electron chi connectivity index (χ1n) is 6.22. The summed E-state index contributed by atoms with van der Waals surface area (Å²) >= 11 is 0. The van der Waals surface area contributed by atoms with Gasteiger partial charge >= 0.3 is 0 Å². The summed E-state index contributed by atoms with van der Waals surface area (Å²) < 4.78 is 3.50. The summed E-state index contributed by atoms with van der Waals surface area (Å²) in [6.07, 6.45) is 1.78. The van der Waals surface area contributed by atoms with Gasteiger partial charge in [0.25, 0.3) is 0 Å². The second-order valence-corrected chi connectivity index (χ2v) is 4.74. The number of amides is 1. The number of carbonyl (C=O) groups is 1. The van der Waals surface area contributed by atoms with Gasteiger partial charge in [0.05, 0.1) is 11.9 Å². The van der Waals surface area contributed by atoms with E-state index in [1.807, 2.05) is 33.9 Å². The molecule has 0 aliphatic heterocycles. The Morgan fingerprint density at radius 3 is 2.63 bits per heavy atom. The summed E-state index contributed by atoms with van der Waals surface area (Å²) in [5, 5.41) is 11.3. The fraction of sp³-hybridized carbons (Fsp3) is 0.462. The molecule has 0 aromatic carbocycles. The second-order valence-electron chi connectivity index (χ2n) is 4.74. The maximum absolute atomic E-state index is 11.9. The quantitative estimate of drug-likeness (QED) is 0.887. The lowest BCUT2D eigenvalue weighted by Crippen LogP contribution is -2.28. The highest BCUT2D eigenvalue weighted by atomic mass is 16.2. The first-order chi connectivity index (χ1) is 8.97. The minimum Gasteiger partial charge on any atom is -0.350 e. The molecule has 6 heteroatoms. The molecule has 0 fully saturated rings. The lowest BCUT2D eigenvalue weighted by atomic mass is 10.2. The number of hydrogen-bond donors (Lipinski definition) is 1. The van der Waals surface area contributed by atoms with E-state index in [4.69, 9.17) is 0 Å². The van der Waals surface area contributed by atoms with Gasteiger partial charge in [-0.1, -0.05) is 0 Å². The zero-order valence-corrected chi connectivity index (χ0v) is 11.8. The van der Waals surface area contributed by atoms with Crippen LogP contribution in [0, 0.1) is 20.8 Å². The molecule has 2 aromatic heterocycles. The van der Waals surface area contributed by atoms with Crippen molar-refractivity contribution in [3.05, 3.63) is 34.9 Å². The molecule has 2 heterocycles. The SMILES string of the molecule is Cc1cc(C)n(CC(=O)NCc2cnn(C)c2C)n1. The molecule has 0 radical (unpaired) electrons. The van der Waals surface area contributed by atoms with E-state index in [0.717, 1.165) is 22.6 Å². The van der Waals surface area contributed by atoms with Crippen LogP contribution < -0.4 is 5.32 Å². The lowest BCUT2D eigenvalue weighted by molar-refractivity contribution is -0.122. The molecule has 0 atom stereocenters. The van der Waals surface area contributed by atoms with Crippen molar-refractivity contribution in [3.63, 3.8) is 0 Å². The van der Waals surface area contributed by atoms with Crippen LogP contribution >= 0.6 is 0 Å². The van der Waals surface area contributed by atoms with Crippen molar-refractivity contribution in [1.29, 1.82) is 0 Å². The van der Waals surface area contributed by atoms with Crippen LogP contribution in [0.25, 0.3) is 0 Å². The molecule has 6 nitrogen and oxygen atoms in total. The summed E-state index contributed by atoms with van der Waals surface area (Å²) in [5.41, 5.74) is 4.01. The number of nitrogens with one attached hydrogen (secondary N) is 1. The number of hydrogen-bond acceptors (Lipinski definition) is 3. The van der Waals surface area contributed by atoms with Crippen LogP contribution in [0.3, 0.4) is 0 Å². The Bertz CT molecular complexity index is 596. The largest absolute Gasteiger partial charge is 0.350 e. The smallest absolute Gasteiger partial charge is 0.242 e. The summed E-state index contributed by atoms with van der Waals surface area (Å²) in [4.78, 5) is 11.9. The highest BCUT2D eigenvalue weighted by molar-refractivity contribution is 5.75. The van der Waals surface area contributed by atoms with Gasteiger partial charge in [0.15, 0.2) is 0 Å². The molecule has 2 rings (SSSR count). The van der Waals surface area contributed by atoms with E-state index in [0.29, 0.717) is 6.54 Å². The molecule has 0 aliphatic carbocycles. The Labute approximate surface area is 112 Å². The Hall–Kier alpha value is -2.11. The van der Waals surface area contributed by atoms with E-state index < -0.39 is 0 Å². The molecule has 0 unspecified atom stereocenters. The summed E-state index contributed by atoms with van der Waals surface area (Å²) in [6, 6.07) is 1.96. The molecule has 0 bridgehead atoms. The standard InChI is InChI=1S/C13H19N5O/c1-9-5-10(2)18(16-9)8-13(19)14-6-12-7-15-17(4)11(12)3/h5,7H,6,8H2,1-4H3,(H,14,19). The number of aromatic nitrogens is 4. The monoisotopic (exact) mass is 261 g/mol. The lowest BCUT2D eigenvalue weighted by Gasteiger charge is -2.06. The van der Waals surface area contributed by atoms with Gasteiger partial charge in [0.2, 0.25) is 5.91 Å². The molecular weight excluding hydrogens is 242 g/mol. The predicted octanol–water partition coefficient (Wildman–Crippen LogP) is 0.858. The summed E-state index contributed by atoms with van der Waals surface area (Å²) in [7, 11) is 1.89. The maximum atomic E-state index is 11.9. The fourth-order valence-corrected chi connectivity index (χ4v) is 1.94. The van der Waals surface area contributed by atoms with Crippen molar-refractivity contribution in [2.24, 2.45) is 7.05 Å². The Kier molecular flexibility index (Phi) is 3.69. The van der Waals surface area contributed by atoms with Crippen LogP contribution in [0.1, 0.15) is 22.6 Å². The third-order valence-electron chi connectivity index (χ3n) is 3.21. The molecule has 0 spiro atoms. The molecule has 0 saturated carbocycles. The van der Waals surface area contributed by atoms with Gasteiger partial charge in [0.1, 0.15) is 6.54 Å². The van der Waals surface area contributed by atoms with Crippen molar-refractivity contribution in [3.8, 4) is 0 Å². The molecule has 2 aromatic rings. The second kappa shape index (κ2) is 5.26. The van der Waals surface area contributed by atoms with Crippen molar-refractivity contribution in [1.82, 2.24) is 24.9 Å². The van der Waals surface area contributed by atoms with E-state index in [1.165, 1.54) is 0 Å². The van der Waals surface area contributed by atoms with Crippen LogP contribution in [0.15, 0.2) is 12.3 Å². The minimum absolute atomic E-state index is 0.0468. The number of carbonyl (C=O) groups excluding carboxylic acids is 1. The number of nitrogens with zero attached hydrogens (tertiary/aromatic N) is 4. The number of aryl methyl sites for hydroxylation is 3. The van der Waals surface area contributed by atoms with Crippen LogP contribution in [0.2, 0.25) is 0 Å². The third-order valence-corrected chi connectivity index (χ3v) is 3.21. The molecule has 102 valence electrons. The summed E-state index contributed by atoms with van der Waals surface area (Å²) in [6.45, 7) is 6.59. The molecule has 19 heavy (non-hydrogen) atoms. The van der Waals surface area contributed by atoms with Gasteiger partial charge in [-0.15, -0.1) is 0 Å². The van der Waals surface area contributed by atoms with Gasteiger partial charge in [-0.3, -0.25) is 14.2 Å². The van der Waals surface area contributed by atoms with Crippen LogP contribution in [0.4, 0.5) is 0 Å².